The van der Waals surface area contributed by atoms with E-state index in [1.165, 1.54) is 12.1 Å². The monoisotopic (exact) mass is 279 g/mol. The van der Waals surface area contributed by atoms with Crippen LogP contribution in [0, 0.1) is 0 Å². The van der Waals surface area contributed by atoms with Gasteiger partial charge in [0.25, 0.3) is 0 Å². The van der Waals surface area contributed by atoms with Crippen molar-refractivity contribution in [2.45, 2.75) is 44.9 Å². The third kappa shape index (κ3) is 6.33. The predicted octanol–water partition coefficient (Wildman–Crippen LogP) is 2.72. The van der Waals surface area contributed by atoms with Crippen LogP contribution in [0.2, 0.25) is 0 Å². The molecule has 0 bridgehead atoms. The molecule has 1 aromatic rings. The summed E-state index contributed by atoms with van der Waals surface area (Å²) in [6.45, 7) is 0. The quantitative estimate of drug-likeness (QED) is 0.412. The van der Waals surface area contributed by atoms with Crippen LogP contribution >= 0.6 is 0 Å². The molecule has 0 atom stereocenters. The van der Waals surface area contributed by atoms with Crippen LogP contribution in [0.25, 0.3) is 0 Å². The van der Waals surface area contributed by atoms with Gasteiger partial charge in [-0.1, -0.05) is 19.3 Å². The number of rotatable bonds is 9. The average Bonchev–Trinajstić information content (AvgIpc) is 2.46. The van der Waals surface area contributed by atoms with Crippen molar-refractivity contribution < 1.29 is 19.5 Å². The first kappa shape index (κ1) is 16.2. The number of ketones is 1. The molecule has 5 nitrogen and oxygen atoms in total. The summed E-state index contributed by atoms with van der Waals surface area (Å²) in [5.41, 5.74) is 0.633. The Morgan fingerprint density at radius 2 is 1.50 bits per heavy atom. The molecule has 5 heteroatoms. The molecule has 1 aromatic carbocycles. The Labute approximate surface area is 118 Å². The molecule has 0 aliphatic carbocycles. The standard InChI is InChI=1S/C15H21NO4/c16-20-15(19)7-5-3-1-2-4-6-14(18)12-8-10-13(17)11-9-12/h8-11,17H,1-7,16H2. The molecule has 110 valence electrons. The van der Waals surface area contributed by atoms with Crippen LogP contribution in [-0.4, -0.2) is 16.9 Å². The van der Waals surface area contributed by atoms with E-state index in [9.17, 15) is 9.59 Å². The molecular weight excluding hydrogens is 258 g/mol. The molecule has 0 unspecified atom stereocenters. The fraction of sp³-hybridized carbons (Fsp3) is 0.467. The van der Waals surface area contributed by atoms with Crippen LogP contribution in [0.15, 0.2) is 24.3 Å². The lowest BCUT2D eigenvalue weighted by atomic mass is 10.0. The second-order valence-electron chi connectivity index (χ2n) is 4.73. The van der Waals surface area contributed by atoms with E-state index >= 15 is 0 Å². The van der Waals surface area contributed by atoms with E-state index in [1.54, 1.807) is 12.1 Å². The van der Waals surface area contributed by atoms with Gasteiger partial charge >= 0.3 is 5.97 Å². The number of nitrogens with two attached hydrogens (primary N) is 1. The van der Waals surface area contributed by atoms with Crippen molar-refractivity contribution in [1.82, 2.24) is 0 Å². The zero-order chi connectivity index (χ0) is 14.8. The number of carbonyl (C=O) groups excluding carboxylic acids is 2. The van der Waals surface area contributed by atoms with E-state index in [0.717, 1.165) is 32.1 Å². The van der Waals surface area contributed by atoms with Crippen molar-refractivity contribution in [2.24, 2.45) is 5.90 Å². The number of phenolic OH excluding ortho intramolecular Hbond substituents is 1. The number of hydrogen-bond donors (Lipinski definition) is 2. The van der Waals surface area contributed by atoms with Gasteiger partial charge in [-0.05, 0) is 37.1 Å². The fourth-order valence-corrected chi connectivity index (χ4v) is 1.94. The minimum Gasteiger partial charge on any atom is -0.508 e. The van der Waals surface area contributed by atoms with Crippen molar-refractivity contribution in [1.29, 1.82) is 0 Å². The maximum absolute atomic E-state index is 11.8. The topological polar surface area (TPSA) is 89.6 Å². The Kier molecular flexibility index (Phi) is 7.35. The summed E-state index contributed by atoms with van der Waals surface area (Å²) in [4.78, 5) is 26.6. The van der Waals surface area contributed by atoms with Gasteiger partial charge in [0.2, 0.25) is 0 Å². The SMILES string of the molecule is NOC(=O)CCCCCCCC(=O)c1ccc(O)cc1. The van der Waals surface area contributed by atoms with Crippen molar-refractivity contribution in [2.75, 3.05) is 0 Å². The summed E-state index contributed by atoms with van der Waals surface area (Å²) in [6.07, 6.45) is 5.34. The molecule has 0 heterocycles. The van der Waals surface area contributed by atoms with Crippen LogP contribution in [0.1, 0.15) is 55.3 Å². The number of benzene rings is 1. The number of hydrogen-bond acceptors (Lipinski definition) is 5. The molecule has 0 aliphatic heterocycles. The summed E-state index contributed by atoms with van der Waals surface area (Å²) in [5.74, 6) is 4.61. The Hall–Kier alpha value is -1.88. The number of unbranched alkanes of at least 4 members (excludes halogenated alkanes) is 4. The van der Waals surface area contributed by atoms with Crippen molar-refractivity contribution in [3.63, 3.8) is 0 Å². The van der Waals surface area contributed by atoms with Gasteiger partial charge in [0.05, 0.1) is 0 Å². The largest absolute Gasteiger partial charge is 0.508 e. The first-order chi connectivity index (χ1) is 9.63. The van der Waals surface area contributed by atoms with Crippen LogP contribution in [0.5, 0.6) is 5.75 Å². The van der Waals surface area contributed by atoms with E-state index in [4.69, 9.17) is 11.0 Å². The maximum Gasteiger partial charge on any atom is 0.324 e. The molecule has 20 heavy (non-hydrogen) atoms. The van der Waals surface area contributed by atoms with Crippen molar-refractivity contribution in [3.05, 3.63) is 29.8 Å². The van der Waals surface area contributed by atoms with Gasteiger partial charge in [0, 0.05) is 18.4 Å². The smallest absolute Gasteiger partial charge is 0.324 e. The Morgan fingerprint density at radius 3 is 2.10 bits per heavy atom. The van der Waals surface area contributed by atoms with Crippen molar-refractivity contribution >= 4 is 11.8 Å². The van der Waals surface area contributed by atoms with Crippen LogP contribution in [-0.2, 0) is 9.63 Å². The summed E-state index contributed by atoms with van der Waals surface area (Å²) in [5, 5.41) is 9.14. The van der Waals surface area contributed by atoms with Gasteiger partial charge in [-0.2, -0.15) is 5.90 Å². The Balaban J connectivity index is 2.08. The number of phenols is 1. The third-order valence-electron chi connectivity index (χ3n) is 3.11. The average molecular weight is 279 g/mol. The predicted molar refractivity (Wildman–Crippen MR) is 75.0 cm³/mol. The van der Waals surface area contributed by atoms with E-state index in [2.05, 4.69) is 4.84 Å². The van der Waals surface area contributed by atoms with E-state index in [0.29, 0.717) is 18.4 Å². The van der Waals surface area contributed by atoms with E-state index < -0.39 is 0 Å². The Bertz CT molecular complexity index is 428. The first-order valence-corrected chi connectivity index (χ1v) is 6.85. The molecule has 0 radical (unpaired) electrons. The summed E-state index contributed by atoms with van der Waals surface area (Å²) < 4.78 is 0. The lowest BCUT2D eigenvalue weighted by Gasteiger charge is -2.02. The molecule has 0 aromatic heterocycles. The van der Waals surface area contributed by atoms with Gasteiger partial charge < -0.3 is 9.94 Å². The van der Waals surface area contributed by atoms with E-state index in [-0.39, 0.29) is 17.5 Å². The van der Waals surface area contributed by atoms with Gasteiger partial charge in [0.1, 0.15) is 5.75 Å². The first-order valence-electron chi connectivity index (χ1n) is 6.85. The minimum atomic E-state index is -0.382. The zero-order valence-corrected chi connectivity index (χ0v) is 11.5. The molecule has 3 N–H and O–H groups in total. The Morgan fingerprint density at radius 1 is 0.950 bits per heavy atom. The van der Waals surface area contributed by atoms with E-state index in [1.807, 2.05) is 0 Å². The number of Topliss-reactive ketones (excluding diaryl/α,β-unsaturated/α-hetero) is 1. The second kappa shape index (κ2) is 9.09. The lowest BCUT2D eigenvalue weighted by molar-refractivity contribution is -0.144. The zero-order valence-electron chi connectivity index (χ0n) is 11.5. The molecular formula is C15H21NO4. The normalized spacial score (nSPS) is 10.2. The summed E-state index contributed by atoms with van der Waals surface area (Å²) in [6, 6.07) is 6.31. The molecule has 0 fully saturated rings. The highest BCUT2D eigenvalue weighted by molar-refractivity contribution is 5.96. The summed E-state index contributed by atoms with van der Waals surface area (Å²) >= 11 is 0. The van der Waals surface area contributed by atoms with Gasteiger partial charge in [-0.25, -0.2) is 0 Å². The highest BCUT2D eigenvalue weighted by atomic mass is 16.7. The van der Waals surface area contributed by atoms with Gasteiger partial charge in [-0.15, -0.1) is 0 Å². The number of carbonyl (C=O) groups is 2. The van der Waals surface area contributed by atoms with Crippen LogP contribution < -0.4 is 5.90 Å². The molecule has 0 spiro atoms. The lowest BCUT2D eigenvalue weighted by Crippen LogP contribution is -2.08. The van der Waals surface area contributed by atoms with Gasteiger partial charge in [-0.3, -0.25) is 9.59 Å². The fourth-order valence-electron chi connectivity index (χ4n) is 1.94. The summed E-state index contributed by atoms with van der Waals surface area (Å²) in [7, 11) is 0. The highest BCUT2D eigenvalue weighted by Crippen LogP contribution is 2.14. The number of aromatic hydroxyl groups is 1. The maximum atomic E-state index is 11.8. The molecule has 0 saturated carbocycles. The highest BCUT2D eigenvalue weighted by Gasteiger charge is 2.05. The minimum absolute atomic E-state index is 0.0942. The molecule has 1 rings (SSSR count). The molecule has 0 aliphatic rings. The van der Waals surface area contributed by atoms with Crippen molar-refractivity contribution in [3.8, 4) is 5.75 Å². The van der Waals surface area contributed by atoms with Crippen LogP contribution in [0.3, 0.4) is 0 Å². The third-order valence-corrected chi connectivity index (χ3v) is 3.11. The second-order valence-corrected chi connectivity index (χ2v) is 4.73. The molecule has 0 saturated heterocycles. The van der Waals surface area contributed by atoms with Gasteiger partial charge in [0.15, 0.2) is 5.78 Å². The van der Waals surface area contributed by atoms with Crippen LogP contribution in [0.4, 0.5) is 0 Å². The molecule has 0 amide bonds.